The van der Waals surface area contributed by atoms with Gasteiger partial charge in [0.25, 0.3) is 0 Å². The zero-order valence-electron chi connectivity index (χ0n) is 10.4. The Morgan fingerprint density at radius 1 is 1.38 bits per heavy atom. The maximum absolute atomic E-state index is 12.0. The van der Waals surface area contributed by atoms with Crippen LogP contribution in [0.25, 0.3) is 0 Å². The number of Topliss-reactive ketones (excluding diaryl/α,β-unsaturated/α-hetero) is 1. The molecule has 88 valence electrons. The van der Waals surface area contributed by atoms with Gasteiger partial charge in [0.05, 0.1) is 0 Å². The van der Waals surface area contributed by atoms with E-state index >= 15 is 0 Å². The molecule has 0 spiro atoms. The van der Waals surface area contributed by atoms with E-state index in [1.165, 1.54) is 0 Å². The third-order valence-corrected chi connectivity index (χ3v) is 4.37. The lowest BCUT2D eigenvalue weighted by Gasteiger charge is -2.33. The van der Waals surface area contributed by atoms with Crippen molar-refractivity contribution in [2.24, 2.45) is 17.3 Å². The minimum absolute atomic E-state index is 0.0442. The van der Waals surface area contributed by atoms with E-state index in [1.54, 1.807) is 6.08 Å². The Kier molecular flexibility index (Phi) is 2.77. The lowest BCUT2D eigenvalue weighted by molar-refractivity contribution is -0.117. The molecule has 2 rings (SSSR count). The van der Waals surface area contributed by atoms with Crippen LogP contribution < -0.4 is 0 Å². The molecule has 1 saturated carbocycles. The normalized spacial score (nSPS) is 35.0. The predicted molar refractivity (Wildman–Crippen MR) is 63.0 cm³/mol. The summed E-state index contributed by atoms with van der Waals surface area (Å²) in [6.45, 7) is 6.53. The van der Waals surface area contributed by atoms with E-state index < -0.39 is 0 Å². The average molecular weight is 220 g/mol. The van der Waals surface area contributed by atoms with Crippen molar-refractivity contribution in [1.29, 1.82) is 0 Å². The Balaban J connectivity index is 2.44. The van der Waals surface area contributed by atoms with E-state index in [2.05, 4.69) is 20.8 Å². The number of fused-ring (bicyclic) bond motifs is 1. The third-order valence-electron chi connectivity index (χ3n) is 4.37. The highest BCUT2D eigenvalue weighted by atomic mass is 16.1. The number of allylic oxidation sites excluding steroid dienone is 2. The van der Waals surface area contributed by atoms with E-state index in [9.17, 15) is 9.59 Å². The summed E-state index contributed by atoms with van der Waals surface area (Å²) >= 11 is 0. The molecule has 0 radical (unpaired) electrons. The summed E-state index contributed by atoms with van der Waals surface area (Å²) in [5.74, 6) is 1.26. The number of carbonyl (C=O) groups excluding carboxylic acids is 2. The summed E-state index contributed by atoms with van der Waals surface area (Å²) in [5, 5.41) is 0. The zero-order chi connectivity index (χ0) is 11.9. The van der Waals surface area contributed by atoms with Gasteiger partial charge in [0.15, 0.2) is 11.6 Å². The Labute approximate surface area is 97.1 Å². The van der Waals surface area contributed by atoms with Crippen LogP contribution in [-0.2, 0) is 9.59 Å². The van der Waals surface area contributed by atoms with Gasteiger partial charge < -0.3 is 0 Å². The quantitative estimate of drug-likeness (QED) is 0.681. The lowest BCUT2D eigenvalue weighted by Crippen LogP contribution is -2.27. The molecule has 0 N–H and O–H groups in total. The summed E-state index contributed by atoms with van der Waals surface area (Å²) in [5.41, 5.74) is 0.769. The summed E-state index contributed by atoms with van der Waals surface area (Å²) in [7, 11) is 0. The van der Waals surface area contributed by atoms with Crippen molar-refractivity contribution in [1.82, 2.24) is 0 Å². The molecule has 0 heterocycles. The maximum Gasteiger partial charge on any atom is 0.159 e. The van der Waals surface area contributed by atoms with E-state index in [0.29, 0.717) is 24.7 Å². The van der Waals surface area contributed by atoms with E-state index in [0.717, 1.165) is 18.4 Å². The third kappa shape index (κ3) is 1.64. The van der Waals surface area contributed by atoms with E-state index in [4.69, 9.17) is 0 Å². The van der Waals surface area contributed by atoms with Crippen LogP contribution in [-0.4, -0.2) is 11.6 Å². The molecule has 2 aliphatic carbocycles. The number of hydrogen-bond acceptors (Lipinski definition) is 2. The van der Waals surface area contributed by atoms with Gasteiger partial charge in [0.1, 0.15) is 0 Å². The van der Waals surface area contributed by atoms with Crippen LogP contribution in [0.3, 0.4) is 0 Å². The monoisotopic (exact) mass is 220 g/mol. The molecule has 0 aromatic carbocycles. The zero-order valence-corrected chi connectivity index (χ0v) is 10.4. The largest absolute Gasteiger partial charge is 0.295 e. The molecule has 0 saturated heterocycles. The number of hydrogen-bond donors (Lipinski definition) is 0. The van der Waals surface area contributed by atoms with Crippen LogP contribution >= 0.6 is 0 Å². The molecule has 2 aliphatic rings. The van der Waals surface area contributed by atoms with Gasteiger partial charge in [-0.25, -0.2) is 0 Å². The van der Waals surface area contributed by atoms with Gasteiger partial charge in [0.2, 0.25) is 0 Å². The molecule has 0 aliphatic heterocycles. The molecule has 16 heavy (non-hydrogen) atoms. The van der Waals surface area contributed by atoms with Crippen LogP contribution in [0, 0.1) is 17.3 Å². The van der Waals surface area contributed by atoms with Crippen molar-refractivity contribution in [3.05, 3.63) is 11.6 Å². The van der Waals surface area contributed by atoms with Gasteiger partial charge in [-0.3, -0.25) is 9.59 Å². The van der Waals surface area contributed by atoms with Gasteiger partial charge >= 0.3 is 0 Å². The Morgan fingerprint density at radius 3 is 2.69 bits per heavy atom. The van der Waals surface area contributed by atoms with Crippen LogP contribution in [0.5, 0.6) is 0 Å². The van der Waals surface area contributed by atoms with Crippen LogP contribution in [0.4, 0.5) is 0 Å². The summed E-state index contributed by atoms with van der Waals surface area (Å²) in [6.07, 6.45) is 4.78. The fourth-order valence-electron chi connectivity index (χ4n) is 3.45. The summed E-state index contributed by atoms with van der Waals surface area (Å²) < 4.78 is 0. The van der Waals surface area contributed by atoms with Crippen molar-refractivity contribution in [3.63, 3.8) is 0 Å². The summed E-state index contributed by atoms with van der Waals surface area (Å²) in [4.78, 5) is 23.6. The fraction of sp³-hybridized carbons (Fsp3) is 0.714. The van der Waals surface area contributed by atoms with Gasteiger partial charge in [-0.05, 0) is 36.2 Å². The Bertz CT molecular complexity index is 365. The van der Waals surface area contributed by atoms with Crippen molar-refractivity contribution < 1.29 is 9.59 Å². The standard InChI is InChI=1S/C14H20O2/c1-9(2)11-8-13(16)12-7-10(15)5-4-6-14(11,12)3/h7,9,11H,4-6,8H2,1-3H3/t11-,14-/m0/s1. The molecule has 2 nitrogen and oxygen atoms in total. The van der Waals surface area contributed by atoms with Crippen LogP contribution in [0.15, 0.2) is 11.6 Å². The van der Waals surface area contributed by atoms with Gasteiger partial charge in [-0.15, -0.1) is 0 Å². The topological polar surface area (TPSA) is 34.1 Å². The second kappa shape index (κ2) is 3.83. The average Bonchev–Trinajstić information content (AvgIpc) is 2.35. The molecule has 0 unspecified atom stereocenters. The SMILES string of the molecule is CC(C)[C@@H]1CC(=O)C2=CC(=O)CCC[C@]21C. The minimum atomic E-state index is -0.0442. The molecule has 1 fully saturated rings. The molecular weight excluding hydrogens is 200 g/mol. The maximum atomic E-state index is 12.0. The van der Waals surface area contributed by atoms with Gasteiger partial charge in [-0.1, -0.05) is 20.8 Å². The van der Waals surface area contributed by atoms with E-state index in [1.807, 2.05) is 0 Å². The van der Waals surface area contributed by atoms with E-state index in [-0.39, 0.29) is 17.0 Å². The number of rotatable bonds is 1. The Morgan fingerprint density at radius 2 is 2.06 bits per heavy atom. The number of ketones is 2. The Hall–Kier alpha value is -0.920. The molecule has 2 heteroatoms. The second-order valence-electron chi connectivity index (χ2n) is 5.77. The van der Waals surface area contributed by atoms with Crippen LogP contribution in [0.2, 0.25) is 0 Å². The van der Waals surface area contributed by atoms with Gasteiger partial charge in [-0.2, -0.15) is 0 Å². The first-order chi connectivity index (χ1) is 7.45. The van der Waals surface area contributed by atoms with Crippen molar-refractivity contribution in [3.8, 4) is 0 Å². The molecule has 0 amide bonds. The van der Waals surface area contributed by atoms with Crippen molar-refractivity contribution >= 4 is 11.6 Å². The number of carbonyl (C=O) groups is 2. The first-order valence-corrected chi connectivity index (χ1v) is 6.23. The lowest BCUT2D eigenvalue weighted by atomic mass is 9.70. The predicted octanol–water partition coefficient (Wildman–Crippen LogP) is 2.92. The smallest absolute Gasteiger partial charge is 0.159 e. The fourth-order valence-corrected chi connectivity index (χ4v) is 3.45. The molecular formula is C14H20O2. The minimum Gasteiger partial charge on any atom is -0.295 e. The highest BCUT2D eigenvalue weighted by Crippen LogP contribution is 2.52. The molecule has 2 atom stereocenters. The summed E-state index contributed by atoms with van der Waals surface area (Å²) in [6, 6.07) is 0. The first kappa shape index (κ1) is 11.6. The molecule has 0 aromatic rings. The highest BCUT2D eigenvalue weighted by molar-refractivity contribution is 6.06. The molecule has 0 aromatic heterocycles. The first-order valence-electron chi connectivity index (χ1n) is 6.23. The van der Waals surface area contributed by atoms with Crippen molar-refractivity contribution in [2.45, 2.75) is 46.5 Å². The molecule has 0 bridgehead atoms. The highest BCUT2D eigenvalue weighted by Gasteiger charge is 2.49. The van der Waals surface area contributed by atoms with Crippen LogP contribution in [0.1, 0.15) is 46.5 Å². The van der Waals surface area contributed by atoms with Crippen molar-refractivity contribution in [2.75, 3.05) is 0 Å². The second-order valence-corrected chi connectivity index (χ2v) is 5.77. The van der Waals surface area contributed by atoms with Gasteiger partial charge in [0, 0.05) is 18.4 Å².